The largest absolute Gasteiger partial charge is 0.493 e. The van der Waals surface area contributed by atoms with E-state index in [4.69, 9.17) is 9.47 Å². The molecule has 96 valence electrons. The molecule has 0 N–H and O–H groups in total. The predicted molar refractivity (Wildman–Crippen MR) is 77.0 cm³/mol. The van der Waals surface area contributed by atoms with Crippen molar-refractivity contribution >= 4 is 24.0 Å². The normalized spacial score (nSPS) is 10.3. The molecule has 0 spiro atoms. The van der Waals surface area contributed by atoms with Gasteiger partial charge in [-0.25, -0.2) is 4.98 Å². The van der Waals surface area contributed by atoms with Gasteiger partial charge in [-0.1, -0.05) is 12.1 Å². The number of thiazole rings is 1. The Kier molecular flexibility index (Phi) is 4.90. The molecule has 2 rings (SSSR count). The maximum atomic E-state index is 5.70. The predicted octanol–water partition coefficient (Wildman–Crippen LogP) is 3.20. The molecule has 1 aromatic carbocycles. The quantitative estimate of drug-likeness (QED) is 0.825. The summed E-state index contributed by atoms with van der Waals surface area (Å²) in [4.78, 5) is 5.50. The third-order valence-electron chi connectivity index (χ3n) is 2.40. The van der Waals surface area contributed by atoms with E-state index in [2.05, 4.69) is 17.6 Å². The molecule has 0 amide bonds. The first-order valence-electron chi connectivity index (χ1n) is 5.63. The van der Waals surface area contributed by atoms with E-state index in [0.717, 1.165) is 28.7 Å². The second kappa shape index (κ2) is 6.66. The first-order chi connectivity index (χ1) is 8.83. The van der Waals surface area contributed by atoms with Crippen molar-refractivity contribution < 1.29 is 9.47 Å². The highest BCUT2D eigenvalue weighted by Crippen LogP contribution is 2.26. The van der Waals surface area contributed by atoms with E-state index in [1.54, 1.807) is 18.4 Å². The summed E-state index contributed by atoms with van der Waals surface area (Å²) in [6, 6.07) is 7.64. The standard InChI is InChI=1S/C13H15NO2S2/c1-15-11-4-2-3-5-12(11)16-7-6-13-14-8-10(9-17)18-13/h2-5,8,17H,6-7,9H2,1H3. The Hall–Kier alpha value is -1.20. The van der Waals surface area contributed by atoms with Crippen molar-refractivity contribution in [3.8, 4) is 11.5 Å². The van der Waals surface area contributed by atoms with Gasteiger partial charge in [0.05, 0.1) is 18.7 Å². The molecular formula is C13H15NO2S2. The first-order valence-corrected chi connectivity index (χ1v) is 7.08. The van der Waals surface area contributed by atoms with Crippen molar-refractivity contribution in [2.24, 2.45) is 0 Å². The maximum Gasteiger partial charge on any atom is 0.161 e. The van der Waals surface area contributed by atoms with Crippen LogP contribution in [-0.4, -0.2) is 18.7 Å². The highest BCUT2D eigenvalue weighted by Gasteiger charge is 2.04. The van der Waals surface area contributed by atoms with E-state index in [1.807, 2.05) is 30.5 Å². The Bertz CT molecular complexity index is 499. The molecule has 0 atom stereocenters. The minimum Gasteiger partial charge on any atom is -0.493 e. The summed E-state index contributed by atoms with van der Waals surface area (Å²) in [5, 5.41) is 1.08. The van der Waals surface area contributed by atoms with Crippen LogP contribution in [-0.2, 0) is 12.2 Å². The van der Waals surface area contributed by atoms with Crippen molar-refractivity contribution in [3.05, 3.63) is 40.3 Å². The zero-order chi connectivity index (χ0) is 12.8. The summed E-state index contributed by atoms with van der Waals surface area (Å²) >= 11 is 5.90. The second-order valence-electron chi connectivity index (χ2n) is 3.63. The van der Waals surface area contributed by atoms with E-state index in [1.165, 1.54) is 4.88 Å². The van der Waals surface area contributed by atoms with E-state index < -0.39 is 0 Å². The number of ether oxygens (including phenoxy) is 2. The average Bonchev–Trinajstić information content (AvgIpc) is 2.87. The van der Waals surface area contributed by atoms with E-state index in [9.17, 15) is 0 Å². The summed E-state index contributed by atoms with van der Waals surface area (Å²) in [6.07, 6.45) is 2.67. The molecule has 0 radical (unpaired) electrons. The molecule has 1 heterocycles. The minimum atomic E-state index is 0.597. The van der Waals surface area contributed by atoms with Gasteiger partial charge in [-0.3, -0.25) is 0 Å². The third-order valence-corrected chi connectivity index (χ3v) is 4.01. The van der Waals surface area contributed by atoms with Gasteiger partial charge in [0.25, 0.3) is 0 Å². The van der Waals surface area contributed by atoms with Gasteiger partial charge >= 0.3 is 0 Å². The van der Waals surface area contributed by atoms with Gasteiger partial charge < -0.3 is 9.47 Å². The molecule has 0 aliphatic heterocycles. The Morgan fingerprint density at radius 2 is 2.06 bits per heavy atom. The van der Waals surface area contributed by atoms with Crippen LogP contribution in [0.2, 0.25) is 0 Å². The topological polar surface area (TPSA) is 31.4 Å². The van der Waals surface area contributed by atoms with Crippen molar-refractivity contribution in [1.82, 2.24) is 4.98 Å². The van der Waals surface area contributed by atoms with Crippen LogP contribution in [0.5, 0.6) is 11.5 Å². The van der Waals surface area contributed by atoms with Gasteiger partial charge in [0.15, 0.2) is 11.5 Å². The minimum absolute atomic E-state index is 0.597. The summed E-state index contributed by atoms with van der Waals surface area (Å²) in [7, 11) is 1.64. The molecule has 0 fully saturated rings. The lowest BCUT2D eigenvalue weighted by Crippen LogP contribution is -2.02. The Labute approximate surface area is 116 Å². The third kappa shape index (κ3) is 3.40. The van der Waals surface area contributed by atoms with E-state index >= 15 is 0 Å². The SMILES string of the molecule is COc1ccccc1OCCc1ncc(CS)s1. The zero-order valence-electron chi connectivity index (χ0n) is 10.1. The number of benzene rings is 1. The Morgan fingerprint density at radius 1 is 1.28 bits per heavy atom. The smallest absolute Gasteiger partial charge is 0.161 e. The monoisotopic (exact) mass is 281 g/mol. The fourth-order valence-electron chi connectivity index (χ4n) is 1.52. The molecular weight excluding hydrogens is 266 g/mol. The van der Waals surface area contributed by atoms with Crippen molar-refractivity contribution in [2.75, 3.05) is 13.7 Å². The van der Waals surface area contributed by atoms with Crippen LogP contribution in [0.15, 0.2) is 30.5 Å². The highest BCUT2D eigenvalue weighted by molar-refractivity contribution is 7.79. The van der Waals surface area contributed by atoms with Crippen LogP contribution < -0.4 is 9.47 Å². The lowest BCUT2D eigenvalue weighted by Gasteiger charge is -2.09. The maximum absolute atomic E-state index is 5.70. The molecule has 2 aromatic rings. The van der Waals surface area contributed by atoms with Gasteiger partial charge in [0.1, 0.15) is 0 Å². The summed E-state index contributed by atoms with van der Waals surface area (Å²) in [5.74, 6) is 2.27. The van der Waals surface area contributed by atoms with E-state index in [0.29, 0.717) is 6.61 Å². The van der Waals surface area contributed by atoms with Gasteiger partial charge in [0, 0.05) is 23.2 Å². The molecule has 0 saturated heterocycles. The Balaban J connectivity index is 1.88. The Morgan fingerprint density at radius 3 is 2.72 bits per heavy atom. The van der Waals surface area contributed by atoms with Gasteiger partial charge in [0.2, 0.25) is 0 Å². The summed E-state index contributed by atoms with van der Waals surface area (Å²) in [5.41, 5.74) is 0. The van der Waals surface area contributed by atoms with Crippen LogP contribution in [0.4, 0.5) is 0 Å². The lowest BCUT2D eigenvalue weighted by molar-refractivity contribution is 0.297. The van der Waals surface area contributed by atoms with Crippen LogP contribution in [0, 0.1) is 0 Å². The number of methoxy groups -OCH3 is 1. The number of nitrogens with zero attached hydrogens (tertiary/aromatic N) is 1. The van der Waals surface area contributed by atoms with Gasteiger partial charge in [-0.05, 0) is 12.1 Å². The van der Waals surface area contributed by atoms with Gasteiger partial charge in [-0.15, -0.1) is 11.3 Å². The summed E-state index contributed by atoms with van der Waals surface area (Å²) in [6.45, 7) is 0.597. The molecule has 0 aliphatic rings. The van der Waals surface area contributed by atoms with Crippen LogP contribution in [0.3, 0.4) is 0 Å². The van der Waals surface area contributed by atoms with E-state index in [-0.39, 0.29) is 0 Å². The second-order valence-corrected chi connectivity index (χ2v) is 5.14. The number of rotatable bonds is 6. The molecule has 3 nitrogen and oxygen atoms in total. The molecule has 0 unspecified atom stereocenters. The fourth-order valence-corrected chi connectivity index (χ4v) is 2.56. The molecule has 5 heteroatoms. The zero-order valence-corrected chi connectivity index (χ0v) is 11.8. The van der Waals surface area contributed by atoms with Crippen LogP contribution in [0.1, 0.15) is 9.88 Å². The van der Waals surface area contributed by atoms with Crippen molar-refractivity contribution in [3.63, 3.8) is 0 Å². The fraction of sp³-hybridized carbons (Fsp3) is 0.308. The lowest BCUT2D eigenvalue weighted by atomic mass is 10.3. The number of para-hydroxylation sites is 2. The molecule has 18 heavy (non-hydrogen) atoms. The number of thiol groups is 1. The first kappa shape index (κ1) is 13.2. The number of aromatic nitrogens is 1. The number of hydrogen-bond acceptors (Lipinski definition) is 5. The van der Waals surface area contributed by atoms with Crippen molar-refractivity contribution in [1.29, 1.82) is 0 Å². The molecule has 0 bridgehead atoms. The molecule has 0 aliphatic carbocycles. The molecule has 0 saturated carbocycles. The van der Waals surface area contributed by atoms with Crippen molar-refractivity contribution in [2.45, 2.75) is 12.2 Å². The molecule has 1 aromatic heterocycles. The average molecular weight is 281 g/mol. The highest BCUT2D eigenvalue weighted by atomic mass is 32.1. The van der Waals surface area contributed by atoms with Gasteiger partial charge in [-0.2, -0.15) is 12.6 Å². The van der Waals surface area contributed by atoms with Crippen LogP contribution in [0.25, 0.3) is 0 Å². The van der Waals surface area contributed by atoms with Crippen LogP contribution >= 0.6 is 24.0 Å². The number of hydrogen-bond donors (Lipinski definition) is 1. The summed E-state index contributed by atoms with van der Waals surface area (Å²) < 4.78 is 10.9.